The van der Waals surface area contributed by atoms with Crippen LogP contribution >= 0.6 is 0 Å². The van der Waals surface area contributed by atoms with E-state index in [4.69, 9.17) is 4.42 Å². The molecule has 0 spiro atoms. The van der Waals surface area contributed by atoms with E-state index in [-0.39, 0.29) is 11.3 Å². The maximum atomic E-state index is 12.7. The number of aromatic nitrogens is 1. The Morgan fingerprint density at radius 3 is 2.40 bits per heavy atom. The van der Waals surface area contributed by atoms with Crippen LogP contribution in [0.5, 0.6) is 0 Å². The molecule has 0 aromatic carbocycles. The van der Waals surface area contributed by atoms with Crippen LogP contribution in [-0.4, -0.2) is 10.9 Å². The van der Waals surface area contributed by atoms with Crippen molar-refractivity contribution in [1.82, 2.24) is 10.3 Å². The van der Waals surface area contributed by atoms with Gasteiger partial charge in [-0.15, -0.1) is 0 Å². The number of nitrogens with zero attached hydrogens (tertiary/aromatic N) is 1. The van der Waals surface area contributed by atoms with Gasteiger partial charge >= 0.3 is 0 Å². The lowest BCUT2D eigenvalue weighted by Crippen LogP contribution is -2.53. The number of hydrogen-bond donors (Lipinski definition) is 1. The minimum Gasteiger partial charge on any atom is -0.444 e. The summed E-state index contributed by atoms with van der Waals surface area (Å²) >= 11 is 0. The summed E-state index contributed by atoms with van der Waals surface area (Å²) in [5.41, 5.74) is -0.0730. The average molecular weight is 274 g/mol. The molecule has 0 atom stereocenters. The number of aryl methyl sites for hydroxylation is 1. The van der Waals surface area contributed by atoms with Crippen LogP contribution < -0.4 is 5.32 Å². The van der Waals surface area contributed by atoms with Crippen LogP contribution in [0.25, 0.3) is 0 Å². The minimum atomic E-state index is -0.0730. The van der Waals surface area contributed by atoms with Crippen molar-refractivity contribution in [3.63, 3.8) is 0 Å². The van der Waals surface area contributed by atoms with Gasteiger partial charge in [0, 0.05) is 5.41 Å². The van der Waals surface area contributed by atoms with Gasteiger partial charge in [-0.3, -0.25) is 4.79 Å². The molecule has 1 heterocycles. The van der Waals surface area contributed by atoms with E-state index in [0.717, 1.165) is 42.8 Å². The molecule has 4 heteroatoms. The highest BCUT2D eigenvalue weighted by atomic mass is 16.4. The lowest BCUT2D eigenvalue weighted by molar-refractivity contribution is -0.146. The standard InChI is InChI=1S/C16H22N2O2/c1-10-8-17-14(20-10)9-18-15(19)16-5-11-2-12(6-16)4-13(3-11)7-16/h8,11-13H,2-7,9H2,1H3,(H,18,19). The van der Waals surface area contributed by atoms with Gasteiger partial charge in [0.05, 0.1) is 12.7 Å². The lowest BCUT2D eigenvalue weighted by Gasteiger charge is -2.55. The van der Waals surface area contributed by atoms with Crippen molar-refractivity contribution in [3.05, 3.63) is 17.8 Å². The van der Waals surface area contributed by atoms with Crippen molar-refractivity contribution in [2.24, 2.45) is 23.2 Å². The average Bonchev–Trinajstić information content (AvgIpc) is 2.80. The topological polar surface area (TPSA) is 55.1 Å². The molecule has 4 aliphatic carbocycles. The SMILES string of the molecule is Cc1cnc(CNC(=O)C23CC4CC(CC(C4)C2)C3)o1. The molecule has 0 saturated heterocycles. The van der Waals surface area contributed by atoms with Crippen molar-refractivity contribution in [2.45, 2.75) is 52.0 Å². The lowest BCUT2D eigenvalue weighted by atomic mass is 9.49. The largest absolute Gasteiger partial charge is 0.444 e. The summed E-state index contributed by atoms with van der Waals surface area (Å²) in [5.74, 6) is 4.06. The van der Waals surface area contributed by atoms with Crippen LogP contribution in [0.3, 0.4) is 0 Å². The fourth-order valence-electron chi connectivity index (χ4n) is 5.22. The fourth-order valence-corrected chi connectivity index (χ4v) is 5.22. The molecule has 20 heavy (non-hydrogen) atoms. The van der Waals surface area contributed by atoms with Crippen LogP contribution in [0.2, 0.25) is 0 Å². The molecule has 1 aromatic rings. The van der Waals surface area contributed by atoms with Gasteiger partial charge in [0.25, 0.3) is 0 Å². The minimum absolute atomic E-state index is 0.0730. The van der Waals surface area contributed by atoms with Crippen LogP contribution in [0.1, 0.15) is 50.2 Å². The maximum Gasteiger partial charge on any atom is 0.226 e. The van der Waals surface area contributed by atoms with Gasteiger partial charge in [0.2, 0.25) is 11.8 Å². The summed E-state index contributed by atoms with van der Waals surface area (Å²) in [5, 5.41) is 3.07. The highest BCUT2D eigenvalue weighted by Gasteiger charge is 2.54. The molecular weight excluding hydrogens is 252 g/mol. The zero-order chi connectivity index (χ0) is 13.7. The number of carbonyl (C=O) groups is 1. The second-order valence-corrected chi connectivity index (χ2v) is 7.25. The monoisotopic (exact) mass is 274 g/mol. The number of carbonyl (C=O) groups excluding carboxylic acids is 1. The summed E-state index contributed by atoms with van der Waals surface area (Å²) in [6.07, 6.45) is 9.12. The summed E-state index contributed by atoms with van der Waals surface area (Å²) in [6, 6.07) is 0. The predicted molar refractivity (Wildman–Crippen MR) is 73.7 cm³/mol. The Kier molecular flexibility index (Phi) is 2.69. The number of rotatable bonds is 3. The van der Waals surface area contributed by atoms with E-state index in [9.17, 15) is 4.79 Å². The summed E-state index contributed by atoms with van der Waals surface area (Å²) in [4.78, 5) is 16.8. The van der Waals surface area contributed by atoms with E-state index in [1.807, 2.05) is 6.92 Å². The van der Waals surface area contributed by atoms with E-state index >= 15 is 0 Å². The highest BCUT2D eigenvalue weighted by Crippen LogP contribution is 2.60. The molecule has 108 valence electrons. The maximum absolute atomic E-state index is 12.7. The third-order valence-electron chi connectivity index (χ3n) is 5.59. The molecule has 1 N–H and O–H groups in total. The van der Waals surface area contributed by atoms with Crippen molar-refractivity contribution >= 4 is 5.91 Å². The Morgan fingerprint density at radius 1 is 1.30 bits per heavy atom. The molecule has 0 unspecified atom stereocenters. The van der Waals surface area contributed by atoms with Gasteiger partial charge in [0.1, 0.15) is 5.76 Å². The quantitative estimate of drug-likeness (QED) is 0.922. The van der Waals surface area contributed by atoms with Crippen LogP contribution in [0.15, 0.2) is 10.6 Å². The Balaban J connectivity index is 1.45. The second-order valence-electron chi connectivity index (χ2n) is 7.25. The number of oxazole rings is 1. The molecule has 0 radical (unpaired) electrons. The molecule has 4 aliphatic rings. The summed E-state index contributed by atoms with van der Waals surface area (Å²) in [6.45, 7) is 2.30. The van der Waals surface area contributed by atoms with E-state index in [1.54, 1.807) is 6.20 Å². The Bertz CT molecular complexity index is 499. The first kappa shape index (κ1) is 12.4. The number of amides is 1. The van der Waals surface area contributed by atoms with Gasteiger partial charge in [-0.25, -0.2) is 4.98 Å². The molecule has 4 saturated carbocycles. The van der Waals surface area contributed by atoms with Crippen molar-refractivity contribution < 1.29 is 9.21 Å². The second kappa shape index (κ2) is 4.34. The third-order valence-corrected chi connectivity index (χ3v) is 5.59. The molecule has 0 aliphatic heterocycles. The Morgan fingerprint density at radius 2 is 1.90 bits per heavy atom. The van der Waals surface area contributed by atoms with Gasteiger partial charge in [0.15, 0.2) is 0 Å². The van der Waals surface area contributed by atoms with Gasteiger partial charge in [-0.05, 0) is 63.2 Å². The first-order valence-electron chi connectivity index (χ1n) is 7.82. The van der Waals surface area contributed by atoms with Crippen molar-refractivity contribution in [3.8, 4) is 0 Å². The molecule has 1 amide bonds. The highest BCUT2D eigenvalue weighted by molar-refractivity contribution is 5.83. The number of nitrogens with one attached hydrogen (secondary N) is 1. The fraction of sp³-hybridized carbons (Fsp3) is 0.750. The van der Waals surface area contributed by atoms with E-state index in [0.29, 0.717) is 12.4 Å². The predicted octanol–water partition coefficient (Wildman–Crippen LogP) is 2.82. The van der Waals surface area contributed by atoms with Crippen LogP contribution in [0.4, 0.5) is 0 Å². The molecule has 4 bridgehead atoms. The number of hydrogen-bond acceptors (Lipinski definition) is 3. The smallest absolute Gasteiger partial charge is 0.226 e. The summed E-state index contributed by atoms with van der Waals surface area (Å²) in [7, 11) is 0. The molecule has 5 rings (SSSR count). The van der Waals surface area contributed by atoms with E-state index in [1.165, 1.54) is 19.3 Å². The normalized spacial score (nSPS) is 38.1. The first-order valence-corrected chi connectivity index (χ1v) is 7.82. The van der Waals surface area contributed by atoms with Gasteiger partial charge in [-0.2, -0.15) is 0 Å². The van der Waals surface area contributed by atoms with E-state index in [2.05, 4.69) is 10.3 Å². The zero-order valence-corrected chi connectivity index (χ0v) is 12.0. The van der Waals surface area contributed by atoms with Crippen LogP contribution in [0, 0.1) is 30.1 Å². The molecule has 4 fully saturated rings. The van der Waals surface area contributed by atoms with Gasteiger partial charge < -0.3 is 9.73 Å². The summed E-state index contributed by atoms with van der Waals surface area (Å²) < 4.78 is 5.43. The Hall–Kier alpha value is -1.32. The van der Waals surface area contributed by atoms with Gasteiger partial charge in [-0.1, -0.05) is 0 Å². The van der Waals surface area contributed by atoms with Crippen molar-refractivity contribution in [2.75, 3.05) is 0 Å². The zero-order valence-electron chi connectivity index (χ0n) is 12.0. The third kappa shape index (κ3) is 1.97. The first-order chi connectivity index (χ1) is 9.63. The Labute approximate surface area is 119 Å². The van der Waals surface area contributed by atoms with Crippen LogP contribution in [-0.2, 0) is 11.3 Å². The van der Waals surface area contributed by atoms with Crippen molar-refractivity contribution in [1.29, 1.82) is 0 Å². The van der Waals surface area contributed by atoms with E-state index < -0.39 is 0 Å². The molecular formula is C16H22N2O2. The molecule has 1 aromatic heterocycles. The molecule has 4 nitrogen and oxygen atoms in total.